The van der Waals surface area contributed by atoms with Gasteiger partial charge in [-0.05, 0) is 46.2 Å². The second-order valence-electron chi connectivity index (χ2n) is 15.4. The van der Waals surface area contributed by atoms with Gasteiger partial charge in [-0.15, -0.1) is 0 Å². The van der Waals surface area contributed by atoms with Gasteiger partial charge in [-0.3, -0.25) is 9.80 Å². The number of hydrogen-bond donors (Lipinski definition) is 0. The summed E-state index contributed by atoms with van der Waals surface area (Å²) < 4.78 is 37.2. The molecule has 0 amide bonds. The molecule has 0 N–H and O–H groups in total. The molecule has 0 saturated heterocycles. The van der Waals surface area contributed by atoms with Gasteiger partial charge in [0, 0.05) is 37.3 Å². The quantitative estimate of drug-likeness (QED) is 0.154. The fourth-order valence-corrected chi connectivity index (χ4v) is 7.70. The fourth-order valence-electron chi connectivity index (χ4n) is 7.70. The number of hydrogen-bond acceptors (Lipinski definition) is 8. The molecule has 0 fully saturated rings. The van der Waals surface area contributed by atoms with Crippen molar-refractivity contribution in [2.24, 2.45) is 0 Å². The van der Waals surface area contributed by atoms with E-state index in [9.17, 15) is 0 Å². The molecule has 0 bridgehead atoms. The van der Waals surface area contributed by atoms with Crippen LogP contribution in [0.4, 0.5) is 0 Å². The second kappa shape index (κ2) is 26.4. The molecule has 64 heavy (non-hydrogen) atoms. The van der Waals surface area contributed by atoms with Crippen LogP contribution in [0.25, 0.3) is 0 Å². The predicted octanol–water partition coefficient (Wildman–Crippen LogP) is 9.72. The van der Waals surface area contributed by atoms with Crippen LogP contribution < -0.4 is 9.47 Å². The van der Waals surface area contributed by atoms with E-state index in [-0.39, 0.29) is 25.3 Å². The molecule has 2 atom stereocenters. The normalized spacial score (nSPS) is 18.2. The first kappa shape index (κ1) is 45.8. The Balaban J connectivity index is 1.10. The van der Waals surface area contributed by atoms with Gasteiger partial charge in [0.1, 0.15) is 37.9 Å². The molecule has 0 radical (unpaired) electrons. The van der Waals surface area contributed by atoms with E-state index in [1.807, 2.05) is 48.5 Å². The average Bonchev–Trinajstić information content (AvgIpc) is 3.34. The molecule has 0 aromatic heterocycles. The summed E-state index contributed by atoms with van der Waals surface area (Å²) in [5.74, 6) is 13.9. The lowest BCUT2D eigenvalue weighted by molar-refractivity contribution is 0.0267. The minimum Gasteiger partial charge on any atom is -0.491 e. The molecule has 328 valence electrons. The van der Waals surface area contributed by atoms with E-state index >= 15 is 0 Å². The Bertz CT molecular complexity index is 2190. The van der Waals surface area contributed by atoms with E-state index in [1.165, 1.54) is 11.1 Å². The van der Waals surface area contributed by atoms with Gasteiger partial charge in [0.15, 0.2) is 0 Å². The highest BCUT2D eigenvalue weighted by Gasteiger charge is 2.24. The molecule has 1 aliphatic rings. The van der Waals surface area contributed by atoms with Crippen LogP contribution in [0.5, 0.6) is 11.5 Å². The van der Waals surface area contributed by atoms with Gasteiger partial charge in [0.2, 0.25) is 0 Å². The van der Waals surface area contributed by atoms with Crippen LogP contribution in [0.2, 0.25) is 0 Å². The Morgan fingerprint density at radius 1 is 0.391 bits per heavy atom. The van der Waals surface area contributed by atoms with Crippen molar-refractivity contribution in [3.63, 3.8) is 0 Å². The SMILES string of the molecule is C1#CCOC[C@@H](c2ccccc2)N(Cc2ccccc2)Cc2ccccc2OCCOCCOCCOc2ccccc2CN(Cc2ccccc2)[C@H](c2ccccc2)COCC#C1. The zero-order chi connectivity index (χ0) is 43.7. The lowest BCUT2D eigenvalue weighted by Gasteiger charge is -2.32. The van der Waals surface area contributed by atoms with Crippen LogP contribution in [0, 0.1) is 23.7 Å². The number of para-hydroxylation sites is 2. The maximum Gasteiger partial charge on any atom is 0.123 e. The molecule has 8 heteroatoms. The number of benzene rings is 6. The molecule has 8 nitrogen and oxygen atoms in total. The zero-order valence-electron chi connectivity index (χ0n) is 36.6. The van der Waals surface area contributed by atoms with Crippen LogP contribution in [-0.2, 0) is 45.1 Å². The summed E-state index contributed by atoms with van der Waals surface area (Å²) in [6, 6.07) is 58.4. The highest BCUT2D eigenvalue weighted by atomic mass is 16.6. The largest absolute Gasteiger partial charge is 0.491 e. The monoisotopic (exact) mass is 854 g/mol. The van der Waals surface area contributed by atoms with Gasteiger partial charge < -0.3 is 28.4 Å². The highest BCUT2D eigenvalue weighted by Crippen LogP contribution is 2.31. The summed E-state index contributed by atoms with van der Waals surface area (Å²) in [7, 11) is 0. The third-order valence-corrected chi connectivity index (χ3v) is 10.9. The van der Waals surface area contributed by atoms with Crippen molar-refractivity contribution in [2.75, 3.05) is 66.1 Å². The summed E-state index contributed by atoms with van der Waals surface area (Å²) in [5, 5.41) is 0. The number of fused-ring (bicyclic) bond motifs is 2. The molecular formula is C56H58N2O6. The molecule has 0 saturated carbocycles. The van der Waals surface area contributed by atoms with E-state index in [1.54, 1.807) is 0 Å². The number of nitrogens with zero attached hydrogens (tertiary/aromatic N) is 2. The maximum atomic E-state index is 6.34. The van der Waals surface area contributed by atoms with Gasteiger partial charge in [0.25, 0.3) is 0 Å². The van der Waals surface area contributed by atoms with Gasteiger partial charge in [-0.25, -0.2) is 0 Å². The molecule has 1 aliphatic heterocycles. The Labute approximate surface area is 379 Å². The lowest BCUT2D eigenvalue weighted by atomic mass is 10.0. The summed E-state index contributed by atoms with van der Waals surface area (Å²) in [6.07, 6.45) is 0. The maximum absolute atomic E-state index is 6.34. The van der Waals surface area contributed by atoms with Crippen molar-refractivity contribution in [3.05, 3.63) is 203 Å². The summed E-state index contributed by atoms with van der Waals surface area (Å²) >= 11 is 0. The lowest BCUT2D eigenvalue weighted by Crippen LogP contribution is -2.31. The second-order valence-corrected chi connectivity index (χ2v) is 15.4. The van der Waals surface area contributed by atoms with E-state index in [4.69, 9.17) is 28.4 Å². The van der Waals surface area contributed by atoms with Crippen LogP contribution in [-0.4, -0.2) is 75.9 Å². The van der Waals surface area contributed by atoms with Crippen molar-refractivity contribution in [1.29, 1.82) is 0 Å². The molecule has 6 aromatic rings. The minimum atomic E-state index is -0.0580. The third kappa shape index (κ3) is 15.0. The summed E-state index contributed by atoms with van der Waals surface area (Å²) in [5.41, 5.74) is 6.91. The van der Waals surface area contributed by atoms with E-state index in [2.05, 4.69) is 155 Å². The van der Waals surface area contributed by atoms with Crippen LogP contribution in [0.3, 0.4) is 0 Å². The van der Waals surface area contributed by atoms with Crippen molar-refractivity contribution in [2.45, 2.75) is 38.3 Å². The summed E-state index contributed by atoms with van der Waals surface area (Å²) in [4.78, 5) is 4.88. The summed E-state index contributed by atoms with van der Waals surface area (Å²) in [6.45, 7) is 6.72. The van der Waals surface area contributed by atoms with Crippen molar-refractivity contribution in [1.82, 2.24) is 9.80 Å². The Morgan fingerprint density at radius 3 is 1.17 bits per heavy atom. The van der Waals surface area contributed by atoms with Crippen molar-refractivity contribution < 1.29 is 28.4 Å². The van der Waals surface area contributed by atoms with Crippen LogP contribution in [0.15, 0.2) is 170 Å². The smallest absolute Gasteiger partial charge is 0.123 e. The highest BCUT2D eigenvalue weighted by molar-refractivity contribution is 5.35. The number of ether oxygens (including phenoxy) is 6. The van der Waals surface area contributed by atoms with Gasteiger partial charge in [-0.1, -0.05) is 170 Å². The Morgan fingerprint density at radius 2 is 0.750 bits per heavy atom. The standard InChI is InChI=1S/C56H58N2O6/c1-2-20-34-62-46-54(50-27-13-6-14-28-50)58(42-48-23-9-4-10-24-48)44-52-30-16-18-32-56(52)64-40-38-60-36-35-59-37-39-63-55-31-17-15-29-51(55)43-57(41-47-21-7-3-8-22-47)53(45-61-33-19-1)49-25-11-5-12-26-49/h3-18,21-32,53-54H,33-46H2/t53-,54-/m0/s1. The van der Waals surface area contributed by atoms with Crippen LogP contribution in [0.1, 0.15) is 45.5 Å². The molecule has 7 rings (SSSR count). The molecule has 6 aromatic carbocycles. The third-order valence-electron chi connectivity index (χ3n) is 10.9. The number of rotatable bonds is 6. The topological polar surface area (TPSA) is 61.9 Å². The predicted molar refractivity (Wildman–Crippen MR) is 252 cm³/mol. The van der Waals surface area contributed by atoms with Crippen LogP contribution >= 0.6 is 0 Å². The van der Waals surface area contributed by atoms with Gasteiger partial charge in [-0.2, -0.15) is 0 Å². The van der Waals surface area contributed by atoms with E-state index in [0.29, 0.717) is 79.0 Å². The molecule has 0 unspecified atom stereocenters. The zero-order valence-corrected chi connectivity index (χ0v) is 36.6. The fraction of sp³-hybridized carbons (Fsp3) is 0.286. The average molecular weight is 855 g/mol. The molecule has 0 spiro atoms. The van der Waals surface area contributed by atoms with Gasteiger partial charge >= 0.3 is 0 Å². The van der Waals surface area contributed by atoms with Gasteiger partial charge in [0.05, 0.1) is 51.7 Å². The first-order valence-corrected chi connectivity index (χ1v) is 22.1. The van der Waals surface area contributed by atoms with Crippen molar-refractivity contribution >= 4 is 0 Å². The first-order chi connectivity index (χ1) is 31.8. The minimum absolute atomic E-state index is 0.0580. The molecular weight excluding hydrogens is 797 g/mol. The Kier molecular flexibility index (Phi) is 18.9. The molecule has 0 aliphatic carbocycles. The molecule has 1 heterocycles. The van der Waals surface area contributed by atoms with E-state index < -0.39 is 0 Å². The van der Waals surface area contributed by atoms with E-state index in [0.717, 1.165) is 33.8 Å². The Hall–Kier alpha value is -6.20. The van der Waals surface area contributed by atoms with Crippen molar-refractivity contribution in [3.8, 4) is 35.2 Å². The first-order valence-electron chi connectivity index (χ1n) is 22.1.